The van der Waals surface area contributed by atoms with Crippen LogP contribution in [0.5, 0.6) is 5.75 Å². The maximum Gasteiger partial charge on any atom is 0.290 e. The number of fused-ring (bicyclic) bond motifs is 1. The molecule has 0 saturated carbocycles. The molecular weight excluding hydrogens is 384 g/mol. The summed E-state index contributed by atoms with van der Waals surface area (Å²) in [6.07, 6.45) is 1.67. The normalized spacial score (nSPS) is 14.5. The van der Waals surface area contributed by atoms with Crippen LogP contribution >= 0.6 is 0 Å². The number of H-pyrrole nitrogens is 1. The largest absolute Gasteiger partial charge is 0.497 e. The van der Waals surface area contributed by atoms with Gasteiger partial charge in [-0.05, 0) is 35.9 Å². The van der Waals surface area contributed by atoms with Crippen molar-refractivity contribution in [1.29, 1.82) is 5.26 Å². The van der Waals surface area contributed by atoms with Crippen LogP contribution in [-0.2, 0) is 11.3 Å². The molecule has 0 spiro atoms. The van der Waals surface area contributed by atoms with E-state index in [2.05, 4.69) is 16.0 Å². The number of nitriles is 1. The summed E-state index contributed by atoms with van der Waals surface area (Å²) in [6, 6.07) is 16.7. The fraction of sp³-hybridized carbons (Fsp3) is 0.182. The van der Waals surface area contributed by atoms with Gasteiger partial charge in [-0.15, -0.1) is 0 Å². The highest BCUT2D eigenvalue weighted by Gasteiger charge is 2.31. The first-order valence-electron chi connectivity index (χ1n) is 9.14. The molecule has 4 rings (SSSR count). The lowest BCUT2D eigenvalue weighted by molar-refractivity contribution is -0.122. The van der Waals surface area contributed by atoms with Crippen molar-refractivity contribution in [2.24, 2.45) is 0 Å². The molecule has 0 saturated heterocycles. The van der Waals surface area contributed by atoms with Gasteiger partial charge in [0.2, 0.25) is 0 Å². The van der Waals surface area contributed by atoms with Crippen molar-refractivity contribution in [3.05, 3.63) is 82.9 Å². The van der Waals surface area contributed by atoms with Crippen LogP contribution in [0.3, 0.4) is 0 Å². The van der Waals surface area contributed by atoms with Crippen molar-refractivity contribution < 1.29 is 19.4 Å². The summed E-state index contributed by atoms with van der Waals surface area (Å²) in [6.45, 7) is 0.747. The maximum atomic E-state index is 13.0. The Hall–Kier alpha value is -4.12. The molecule has 1 atom stereocenters. The second-order valence-corrected chi connectivity index (χ2v) is 6.58. The van der Waals surface area contributed by atoms with E-state index in [-0.39, 0.29) is 18.3 Å². The number of nitrogens with zero attached hydrogens (tertiary/aromatic N) is 3. The minimum absolute atomic E-state index is 0.0194. The van der Waals surface area contributed by atoms with Gasteiger partial charge in [0, 0.05) is 18.0 Å². The van der Waals surface area contributed by atoms with Crippen LogP contribution in [0.1, 0.15) is 38.8 Å². The van der Waals surface area contributed by atoms with Crippen molar-refractivity contribution in [1.82, 2.24) is 14.9 Å². The van der Waals surface area contributed by atoms with Gasteiger partial charge in [-0.25, -0.2) is 4.98 Å². The van der Waals surface area contributed by atoms with Gasteiger partial charge in [-0.2, -0.15) is 5.26 Å². The zero-order valence-corrected chi connectivity index (χ0v) is 16.3. The summed E-state index contributed by atoms with van der Waals surface area (Å²) in [4.78, 5) is 30.8. The molecule has 2 aromatic carbocycles. The number of imidazole rings is 1. The third-order valence-corrected chi connectivity index (χ3v) is 4.88. The van der Waals surface area contributed by atoms with Gasteiger partial charge < -0.3 is 19.7 Å². The van der Waals surface area contributed by atoms with Crippen LogP contribution in [0.25, 0.3) is 0 Å². The first-order chi connectivity index (χ1) is 14.6. The van der Waals surface area contributed by atoms with E-state index < -0.39 is 0 Å². The van der Waals surface area contributed by atoms with Crippen LogP contribution < -0.4 is 4.74 Å². The fourth-order valence-electron chi connectivity index (χ4n) is 3.48. The molecule has 0 fully saturated rings. The van der Waals surface area contributed by atoms with Crippen molar-refractivity contribution in [3.63, 3.8) is 0 Å². The van der Waals surface area contributed by atoms with Crippen molar-refractivity contribution >= 4 is 12.4 Å². The summed E-state index contributed by atoms with van der Waals surface area (Å²) in [5, 5.41) is 16.0. The number of aromatic nitrogens is 2. The number of nitrogens with one attached hydrogen (secondary N) is 1. The first kappa shape index (κ1) is 20.6. The summed E-state index contributed by atoms with van der Waals surface area (Å²) >= 11 is 0. The molecule has 1 aromatic heterocycles. The number of carbonyl (C=O) groups excluding carboxylic acids is 1. The number of rotatable bonds is 3. The van der Waals surface area contributed by atoms with E-state index in [4.69, 9.17) is 19.9 Å². The van der Waals surface area contributed by atoms with Gasteiger partial charge in [0.15, 0.2) is 0 Å². The lowest BCUT2D eigenvalue weighted by Gasteiger charge is -2.32. The topological polar surface area (TPSA) is 119 Å². The highest BCUT2D eigenvalue weighted by molar-refractivity contribution is 5.94. The second kappa shape index (κ2) is 9.39. The van der Waals surface area contributed by atoms with Gasteiger partial charge in [0.25, 0.3) is 12.4 Å². The molecule has 1 aliphatic rings. The number of carbonyl (C=O) groups is 2. The number of aromatic amines is 1. The number of hydrogen-bond acceptors (Lipinski definition) is 5. The quantitative estimate of drug-likeness (QED) is 0.648. The Balaban J connectivity index is 0.000000806. The number of methoxy groups -OCH3 is 1. The number of ether oxygens (including phenoxy) is 1. The third kappa shape index (κ3) is 4.31. The van der Waals surface area contributed by atoms with Crippen LogP contribution in [0.15, 0.2) is 54.9 Å². The monoisotopic (exact) mass is 404 g/mol. The standard InChI is InChI=1S/C21H18N4O2.CH2O2/c1-27-17-7-5-15(6-8-17)18-11-25(12-19-20(18)24-13-23-19)21(26)16-4-2-3-14(9-16)10-22;2-1-3/h2-9,13,18H,11-12H2,1H3,(H,23,24);1H,(H,2,3). The molecule has 2 N–H and O–H groups in total. The van der Waals surface area contributed by atoms with Crippen LogP contribution in [0, 0.1) is 11.3 Å². The molecule has 30 heavy (non-hydrogen) atoms. The molecule has 8 nitrogen and oxygen atoms in total. The van der Waals surface area contributed by atoms with E-state index in [1.165, 1.54) is 0 Å². The molecule has 8 heteroatoms. The van der Waals surface area contributed by atoms with Crippen molar-refractivity contribution in [2.75, 3.05) is 13.7 Å². The number of amides is 1. The Bertz CT molecular complexity index is 1070. The Morgan fingerprint density at radius 1 is 1.33 bits per heavy atom. The highest BCUT2D eigenvalue weighted by atomic mass is 16.5. The maximum absolute atomic E-state index is 13.0. The molecule has 1 amide bonds. The number of hydrogen-bond donors (Lipinski definition) is 2. The van der Waals surface area contributed by atoms with Crippen LogP contribution in [0.2, 0.25) is 0 Å². The molecule has 2 heterocycles. The summed E-state index contributed by atoms with van der Waals surface area (Å²) in [5.74, 6) is 0.679. The minimum Gasteiger partial charge on any atom is -0.497 e. The molecule has 0 aliphatic carbocycles. The average Bonchev–Trinajstić information content (AvgIpc) is 3.27. The van der Waals surface area contributed by atoms with E-state index >= 15 is 0 Å². The molecule has 1 unspecified atom stereocenters. The van der Waals surface area contributed by atoms with E-state index in [9.17, 15) is 4.79 Å². The molecule has 0 radical (unpaired) electrons. The summed E-state index contributed by atoms with van der Waals surface area (Å²) < 4.78 is 5.24. The summed E-state index contributed by atoms with van der Waals surface area (Å²) in [5.41, 5.74) is 3.98. The first-order valence-corrected chi connectivity index (χ1v) is 9.14. The zero-order valence-electron chi connectivity index (χ0n) is 16.3. The number of benzene rings is 2. The molecule has 152 valence electrons. The zero-order chi connectivity index (χ0) is 21.5. The van der Waals surface area contributed by atoms with Crippen LogP contribution in [-0.4, -0.2) is 46.0 Å². The van der Waals surface area contributed by atoms with Gasteiger partial charge >= 0.3 is 0 Å². The second-order valence-electron chi connectivity index (χ2n) is 6.58. The Morgan fingerprint density at radius 2 is 2.07 bits per heavy atom. The van der Waals surface area contributed by atoms with Gasteiger partial charge in [0.05, 0.1) is 43.0 Å². The van der Waals surface area contributed by atoms with Gasteiger partial charge in [-0.1, -0.05) is 18.2 Å². The van der Waals surface area contributed by atoms with Crippen molar-refractivity contribution in [3.8, 4) is 11.8 Å². The third-order valence-electron chi connectivity index (χ3n) is 4.88. The van der Waals surface area contributed by atoms with E-state index in [0.717, 1.165) is 22.7 Å². The SMILES string of the molecule is COc1ccc(C2CN(C(=O)c3cccc(C#N)c3)Cc3[nH]cnc32)cc1.O=CO. The molecule has 3 aromatic rings. The Labute approximate surface area is 173 Å². The lowest BCUT2D eigenvalue weighted by Crippen LogP contribution is -2.38. The van der Waals surface area contributed by atoms with Crippen LogP contribution in [0.4, 0.5) is 0 Å². The highest BCUT2D eigenvalue weighted by Crippen LogP contribution is 2.33. The van der Waals surface area contributed by atoms with Crippen molar-refractivity contribution in [2.45, 2.75) is 12.5 Å². The van der Waals surface area contributed by atoms with Gasteiger partial charge in [-0.3, -0.25) is 9.59 Å². The molecule has 1 aliphatic heterocycles. The summed E-state index contributed by atoms with van der Waals surface area (Å²) in [7, 11) is 1.64. The van der Waals surface area contributed by atoms with E-state index in [1.54, 1.807) is 42.6 Å². The number of carboxylic acid groups (broad SMARTS) is 1. The van der Waals surface area contributed by atoms with E-state index in [1.807, 2.05) is 24.3 Å². The molecular formula is C22H20N4O4. The Morgan fingerprint density at radius 3 is 2.73 bits per heavy atom. The smallest absolute Gasteiger partial charge is 0.290 e. The van der Waals surface area contributed by atoms with E-state index in [0.29, 0.717) is 24.2 Å². The average molecular weight is 404 g/mol. The predicted molar refractivity (Wildman–Crippen MR) is 108 cm³/mol. The lowest BCUT2D eigenvalue weighted by atomic mass is 9.90. The fourth-order valence-corrected chi connectivity index (χ4v) is 3.48. The Kier molecular flexibility index (Phi) is 6.45. The predicted octanol–water partition coefficient (Wildman–Crippen LogP) is 2.78. The molecule has 0 bridgehead atoms. The minimum atomic E-state index is -0.250. The van der Waals surface area contributed by atoms with Gasteiger partial charge in [0.1, 0.15) is 5.75 Å².